The molecule has 0 spiro atoms. The number of hydrogen-bond acceptors (Lipinski definition) is 4. The minimum absolute atomic E-state index is 0.148. The number of nitrogens with one attached hydrogen (secondary N) is 1. The van der Waals surface area contributed by atoms with E-state index in [2.05, 4.69) is 15.3 Å². The number of rotatable bonds is 2. The Balaban J connectivity index is 1.69. The minimum atomic E-state index is -3.06. The lowest BCUT2D eigenvalue weighted by atomic mass is 10.2. The third kappa shape index (κ3) is 3.10. The third-order valence-electron chi connectivity index (χ3n) is 4.40. The molecule has 0 amide bonds. The van der Waals surface area contributed by atoms with Gasteiger partial charge in [0.15, 0.2) is 15.8 Å². The van der Waals surface area contributed by atoms with Crippen molar-refractivity contribution in [3.8, 4) is 0 Å². The predicted octanol–water partition coefficient (Wildman–Crippen LogP) is 0.919. The fraction of sp³-hybridized carbons (Fsp3) is 0.500. The van der Waals surface area contributed by atoms with Crippen molar-refractivity contribution in [2.75, 3.05) is 25.9 Å². The van der Waals surface area contributed by atoms with Gasteiger partial charge in [0.05, 0.1) is 22.7 Å². The van der Waals surface area contributed by atoms with Crippen LogP contribution >= 0.6 is 0 Å². The molecule has 2 aromatic rings. The number of fused-ring (bicyclic) bond motifs is 1. The van der Waals surface area contributed by atoms with Crippen molar-refractivity contribution < 1.29 is 8.42 Å². The van der Waals surface area contributed by atoms with Crippen molar-refractivity contribution in [2.24, 2.45) is 4.99 Å². The van der Waals surface area contributed by atoms with E-state index in [1.165, 1.54) is 0 Å². The summed E-state index contributed by atoms with van der Waals surface area (Å²) in [7, 11) is -1.35. The number of nitrogens with zero attached hydrogens (tertiary/aromatic N) is 4. The molecule has 0 bridgehead atoms. The Morgan fingerprint density at radius 1 is 1.42 bits per heavy atom. The molecule has 1 saturated heterocycles. The second-order valence-electron chi connectivity index (χ2n) is 6.60. The van der Waals surface area contributed by atoms with Gasteiger partial charge in [0, 0.05) is 32.5 Å². The maximum Gasteiger partial charge on any atom is 0.194 e. The van der Waals surface area contributed by atoms with Crippen molar-refractivity contribution in [1.82, 2.24) is 19.6 Å². The molecule has 0 unspecified atom stereocenters. The van der Waals surface area contributed by atoms with E-state index in [0.29, 0.717) is 25.6 Å². The Bertz CT molecular complexity index is 836. The van der Waals surface area contributed by atoms with E-state index in [9.17, 15) is 8.42 Å². The summed E-state index contributed by atoms with van der Waals surface area (Å²) in [5.41, 5.74) is 1.81. The minimum Gasteiger partial charge on any atom is -0.351 e. The molecular formula is C16H23N5O2S. The number of aromatic nitrogens is 2. The smallest absolute Gasteiger partial charge is 0.194 e. The normalized spacial score (nSPS) is 20.3. The number of imidazole rings is 1. The van der Waals surface area contributed by atoms with Gasteiger partial charge in [-0.3, -0.25) is 4.99 Å². The van der Waals surface area contributed by atoms with Gasteiger partial charge in [-0.1, -0.05) is 6.07 Å². The van der Waals surface area contributed by atoms with Crippen molar-refractivity contribution in [2.45, 2.75) is 25.1 Å². The molecule has 130 valence electrons. The van der Waals surface area contributed by atoms with Gasteiger partial charge in [0.25, 0.3) is 0 Å². The summed E-state index contributed by atoms with van der Waals surface area (Å²) >= 11 is 0. The Hall–Kier alpha value is -2.09. The Morgan fingerprint density at radius 3 is 2.88 bits per heavy atom. The first-order valence-corrected chi connectivity index (χ1v) is 9.58. The lowest BCUT2D eigenvalue weighted by Gasteiger charge is -2.39. The van der Waals surface area contributed by atoms with E-state index in [4.69, 9.17) is 0 Å². The summed E-state index contributed by atoms with van der Waals surface area (Å²) in [6.45, 7) is 4.96. The van der Waals surface area contributed by atoms with Crippen molar-refractivity contribution in [3.05, 3.63) is 36.3 Å². The van der Waals surface area contributed by atoms with Crippen LogP contribution in [-0.4, -0.2) is 59.3 Å². The summed E-state index contributed by atoms with van der Waals surface area (Å²) in [5.74, 6) is 0.852. The van der Waals surface area contributed by atoms with Gasteiger partial charge < -0.3 is 14.6 Å². The topological polar surface area (TPSA) is 79.1 Å². The standard InChI is InChI=1S/C16H23N5O2S/c1-16(2)12-21(8-9-24(16,22)23)15(17-3)18-10-13-11-20-7-5-4-6-14(20)19-13/h4-7,11H,8-10,12H2,1-3H3,(H,17,18). The van der Waals surface area contributed by atoms with E-state index in [1.54, 1.807) is 20.9 Å². The van der Waals surface area contributed by atoms with Crippen LogP contribution in [0.4, 0.5) is 0 Å². The SMILES string of the molecule is CN=C(NCc1cn2ccccc2n1)N1CCS(=O)(=O)C(C)(C)C1. The molecule has 0 radical (unpaired) electrons. The zero-order valence-electron chi connectivity index (χ0n) is 14.2. The molecule has 1 aliphatic heterocycles. The third-order valence-corrected chi connectivity index (χ3v) is 6.93. The summed E-state index contributed by atoms with van der Waals surface area (Å²) < 4.78 is 25.5. The maximum absolute atomic E-state index is 12.1. The second kappa shape index (κ2) is 6.08. The van der Waals surface area contributed by atoms with Crippen LogP contribution < -0.4 is 5.32 Å². The quantitative estimate of drug-likeness (QED) is 0.644. The van der Waals surface area contributed by atoms with Gasteiger partial charge in [0.1, 0.15) is 5.65 Å². The van der Waals surface area contributed by atoms with Crippen LogP contribution in [0.1, 0.15) is 19.5 Å². The van der Waals surface area contributed by atoms with Gasteiger partial charge in [0.2, 0.25) is 0 Å². The molecule has 8 heteroatoms. The van der Waals surface area contributed by atoms with Crippen LogP contribution in [-0.2, 0) is 16.4 Å². The molecule has 0 atom stereocenters. The number of aliphatic imine (C=N–C) groups is 1. The van der Waals surface area contributed by atoms with Crippen LogP contribution in [0.2, 0.25) is 0 Å². The van der Waals surface area contributed by atoms with Crippen molar-refractivity contribution in [3.63, 3.8) is 0 Å². The largest absolute Gasteiger partial charge is 0.351 e. The molecule has 0 aliphatic carbocycles. The lowest BCUT2D eigenvalue weighted by Crippen LogP contribution is -2.57. The summed E-state index contributed by atoms with van der Waals surface area (Å²) in [6.07, 6.45) is 3.93. The van der Waals surface area contributed by atoms with Crippen LogP contribution in [0, 0.1) is 0 Å². The molecule has 0 aromatic carbocycles. The highest BCUT2D eigenvalue weighted by atomic mass is 32.2. The van der Waals surface area contributed by atoms with Crippen LogP contribution in [0.5, 0.6) is 0 Å². The maximum atomic E-state index is 12.1. The van der Waals surface area contributed by atoms with Crippen LogP contribution in [0.3, 0.4) is 0 Å². The summed E-state index contributed by atoms with van der Waals surface area (Å²) in [6, 6.07) is 5.87. The second-order valence-corrected chi connectivity index (χ2v) is 9.34. The highest BCUT2D eigenvalue weighted by Gasteiger charge is 2.40. The monoisotopic (exact) mass is 349 g/mol. The number of guanidine groups is 1. The average molecular weight is 349 g/mol. The number of hydrogen-bond donors (Lipinski definition) is 1. The molecule has 1 N–H and O–H groups in total. The van der Waals surface area contributed by atoms with Gasteiger partial charge >= 0.3 is 0 Å². The zero-order valence-corrected chi connectivity index (χ0v) is 15.0. The van der Waals surface area contributed by atoms with Crippen LogP contribution in [0.15, 0.2) is 35.6 Å². The van der Waals surface area contributed by atoms with E-state index in [1.807, 2.05) is 39.9 Å². The first kappa shape index (κ1) is 16.8. The predicted molar refractivity (Wildman–Crippen MR) is 94.8 cm³/mol. The Labute approximate surface area is 142 Å². The van der Waals surface area contributed by atoms with Crippen molar-refractivity contribution in [1.29, 1.82) is 0 Å². The first-order chi connectivity index (χ1) is 11.3. The van der Waals surface area contributed by atoms with Gasteiger partial charge in [-0.25, -0.2) is 13.4 Å². The highest BCUT2D eigenvalue weighted by molar-refractivity contribution is 7.92. The zero-order chi connectivity index (χ0) is 17.4. The Morgan fingerprint density at radius 2 is 2.21 bits per heavy atom. The molecular weight excluding hydrogens is 326 g/mol. The molecule has 1 fully saturated rings. The molecule has 1 aliphatic rings. The van der Waals surface area contributed by atoms with Gasteiger partial charge in [-0.15, -0.1) is 0 Å². The van der Waals surface area contributed by atoms with E-state index in [0.717, 1.165) is 11.3 Å². The molecule has 7 nitrogen and oxygen atoms in total. The van der Waals surface area contributed by atoms with E-state index < -0.39 is 14.6 Å². The average Bonchev–Trinajstić information content (AvgIpc) is 2.94. The van der Waals surface area contributed by atoms with Gasteiger partial charge in [-0.2, -0.15) is 0 Å². The molecule has 2 aromatic heterocycles. The summed E-state index contributed by atoms with van der Waals surface area (Å²) in [4.78, 5) is 10.8. The number of sulfone groups is 1. The fourth-order valence-electron chi connectivity index (χ4n) is 2.90. The molecule has 0 saturated carbocycles. The van der Waals surface area contributed by atoms with Gasteiger partial charge in [-0.05, 0) is 26.0 Å². The van der Waals surface area contributed by atoms with Crippen molar-refractivity contribution >= 4 is 21.4 Å². The fourth-order valence-corrected chi connectivity index (χ4v) is 4.26. The Kier molecular flexibility index (Phi) is 4.25. The van der Waals surface area contributed by atoms with Crippen LogP contribution in [0.25, 0.3) is 5.65 Å². The molecule has 3 rings (SSSR count). The summed E-state index contributed by atoms with van der Waals surface area (Å²) in [5, 5.41) is 3.29. The number of pyridine rings is 1. The van der Waals surface area contributed by atoms with E-state index in [-0.39, 0.29) is 5.75 Å². The first-order valence-electron chi connectivity index (χ1n) is 7.93. The molecule has 3 heterocycles. The van der Waals surface area contributed by atoms with E-state index >= 15 is 0 Å². The highest BCUT2D eigenvalue weighted by Crippen LogP contribution is 2.23. The lowest BCUT2D eigenvalue weighted by molar-refractivity contribution is 0.353. The molecule has 24 heavy (non-hydrogen) atoms.